The summed E-state index contributed by atoms with van der Waals surface area (Å²) in [5.74, 6) is -1.20. The van der Waals surface area contributed by atoms with Crippen molar-refractivity contribution >= 4 is 12.1 Å². The molecular formula is C18H16N4O4. The molecule has 0 fully saturated rings. The molecule has 3 rings (SSSR count). The number of hydrazone groups is 1. The van der Waals surface area contributed by atoms with Crippen molar-refractivity contribution in [2.75, 3.05) is 0 Å². The van der Waals surface area contributed by atoms with E-state index >= 15 is 0 Å². The van der Waals surface area contributed by atoms with Gasteiger partial charge in [-0.3, -0.25) is 14.7 Å². The largest absolute Gasteiger partial charge is 0.508 e. The van der Waals surface area contributed by atoms with Gasteiger partial charge in [0.25, 0.3) is 11.5 Å². The summed E-state index contributed by atoms with van der Waals surface area (Å²) < 4.78 is 1.38. The predicted octanol–water partition coefficient (Wildman–Crippen LogP) is 1.65. The Morgan fingerprint density at radius 2 is 1.92 bits per heavy atom. The first-order valence-electron chi connectivity index (χ1n) is 7.70. The van der Waals surface area contributed by atoms with Gasteiger partial charge in [0.05, 0.1) is 23.0 Å². The van der Waals surface area contributed by atoms with Crippen LogP contribution in [0.2, 0.25) is 0 Å². The lowest BCUT2D eigenvalue weighted by molar-refractivity contribution is 0.0952. The Morgan fingerprint density at radius 1 is 1.19 bits per heavy atom. The number of aromatic nitrogens is 2. The maximum Gasteiger partial charge on any atom is 0.280 e. The SMILES string of the molecule is Cc1[nH]n(-c2ccccc2)c(=O)c1C=NNC(=O)c1ccc(O)cc1O. The van der Waals surface area contributed by atoms with Crippen LogP contribution in [0.15, 0.2) is 58.4 Å². The number of amides is 1. The maximum absolute atomic E-state index is 12.5. The molecule has 0 bridgehead atoms. The van der Waals surface area contributed by atoms with Crippen molar-refractivity contribution in [3.8, 4) is 17.2 Å². The second-order valence-electron chi connectivity index (χ2n) is 5.53. The molecule has 0 saturated carbocycles. The molecular weight excluding hydrogens is 336 g/mol. The Labute approximate surface area is 148 Å². The molecule has 4 N–H and O–H groups in total. The van der Waals surface area contributed by atoms with Crippen LogP contribution in [0, 0.1) is 6.92 Å². The van der Waals surface area contributed by atoms with Gasteiger partial charge in [0.15, 0.2) is 0 Å². The number of phenolic OH excluding ortho intramolecular Hbond substituents is 2. The van der Waals surface area contributed by atoms with E-state index in [1.54, 1.807) is 19.1 Å². The van der Waals surface area contributed by atoms with Crippen LogP contribution < -0.4 is 11.0 Å². The van der Waals surface area contributed by atoms with Gasteiger partial charge in [0.1, 0.15) is 11.5 Å². The highest BCUT2D eigenvalue weighted by Crippen LogP contribution is 2.22. The molecule has 1 heterocycles. The van der Waals surface area contributed by atoms with Gasteiger partial charge < -0.3 is 10.2 Å². The molecule has 2 aromatic carbocycles. The lowest BCUT2D eigenvalue weighted by Gasteiger charge is -2.02. The fraction of sp³-hybridized carbons (Fsp3) is 0.0556. The maximum atomic E-state index is 12.5. The van der Waals surface area contributed by atoms with E-state index in [0.717, 1.165) is 6.07 Å². The summed E-state index contributed by atoms with van der Waals surface area (Å²) in [7, 11) is 0. The van der Waals surface area contributed by atoms with Gasteiger partial charge in [-0.1, -0.05) is 18.2 Å². The number of carbonyl (C=O) groups excluding carboxylic acids is 1. The Bertz CT molecular complexity index is 1040. The number of benzene rings is 2. The van der Waals surface area contributed by atoms with E-state index in [4.69, 9.17) is 0 Å². The number of phenols is 2. The average molecular weight is 352 g/mol. The number of para-hydroxylation sites is 1. The number of H-pyrrole nitrogens is 1. The Kier molecular flexibility index (Phi) is 4.57. The number of aryl methyl sites for hydroxylation is 1. The quantitative estimate of drug-likeness (QED) is 0.421. The summed E-state index contributed by atoms with van der Waals surface area (Å²) in [6.07, 6.45) is 1.24. The first-order chi connectivity index (χ1) is 12.5. The van der Waals surface area contributed by atoms with Crippen LogP contribution in [0.25, 0.3) is 5.69 Å². The fourth-order valence-electron chi connectivity index (χ4n) is 2.40. The summed E-state index contributed by atoms with van der Waals surface area (Å²) in [4.78, 5) is 24.5. The molecule has 1 amide bonds. The minimum atomic E-state index is -0.671. The monoisotopic (exact) mass is 352 g/mol. The molecule has 3 aromatic rings. The number of aromatic amines is 1. The van der Waals surface area contributed by atoms with E-state index in [1.165, 1.54) is 23.0 Å². The zero-order chi connectivity index (χ0) is 18.7. The molecule has 1 aromatic heterocycles. The molecule has 0 unspecified atom stereocenters. The summed E-state index contributed by atoms with van der Waals surface area (Å²) in [5, 5.41) is 25.6. The number of nitrogens with one attached hydrogen (secondary N) is 2. The number of aromatic hydroxyl groups is 2. The number of carbonyl (C=O) groups is 1. The highest BCUT2D eigenvalue weighted by Gasteiger charge is 2.12. The third-order valence-corrected chi connectivity index (χ3v) is 3.72. The zero-order valence-corrected chi connectivity index (χ0v) is 13.8. The Hall–Kier alpha value is -3.81. The van der Waals surface area contributed by atoms with Crippen molar-refractivity contribution in [3.05, 3.63) is 75.7 Å². The Morgan fingerprint density at radius 3 is 2.62 bits per heavy atom. The number of hydrogen-bond donors (Lipinski definition) is 4. The molecule has 8 nitrogen and oxygen atoms in total. The van der Waals surface area contributed by atoms with Crippen LogP contribution in [0.5, 0.6) is 11.5 Å². The molecule has 8 heteroatoms. The average Bonchev–Trinajstić information content (AvgIpc) is 2.90. The van der Waals surface area contributed by atoms with Crippen molar-refractivity contribution < 1.29 is 15.0 Å². The molecule has 0 aliphatic heterocycles. The number of hydrogen-bond acceptors (Lipinski definition) is 5. The lowest BCUT2D eigenvalue weighted by atomic mass is 10.2. The highest BCUT2D eigenvalue weighted by atomic mass is 16.3. The number of rotatable bonds is 4. The smallest absolute Gasteiger partial charge is 0.280 e. The third-order valence-electron chi connectivity index (χ3n) is 3.72. The van der Waals surface area contributed by atoms with Gasteiger partial charge in [-0.2, -0.15) is 5.10 Å². The van der Waals surface area contributed by atoms with Crippen LogP contribution in [0.1, 0.15) is 21.6 Å². The van der Waals surface area contributed by atoms with E-state index in [-0.39, 0.29) is 22.6 Å². The second-order valence-corrected chi connectivity index (χ2v) is 5.53. The summed E-state index contributed by atoms with van der Waals surface area (Å²) >= 11 is 0. The molecule has 0 saturated heterocycles. The van der Waals surface area contributed by atoms with Crippen molar-refractivity contribution in [1.29, 1.82) is 0 Å². The van der Waals surface area contributed by atoms with E-state index in [0.29, 0.717) is 16.9 Å². The van der Waals surface area contributed by atoms with Crippen LogP contribution >= 0.6 is 0 Å². The van der Waals surface area contributed by atoms with Crippen molar-refractivity contribution in [2.45, 2.75) is 6.92 Å². The predicted molar refractivity (Wildman–Crippen MR) is 96.0 cm³/mol. The summed E-state index contributed by atoms with van der Waals surface area (Å²) in [5.41, 5.74) is 3.44. The van der Waals surface area contributed by atoms with E-state index in [2.05, 4.69) is 15.6 Å². The van der Waals surface area contributed by atoms with E-state index in [1.807, 2.05) is 18.2 Å². The minimum Gasteiger partial charge on any atom is -0.508 e. The summed E-state index contributed by atoms with van der Waals surface area (Å²) in [6.45, 7) is 1.72. The van der Waals surface area contributed by atoms with Gasteiger partial charge in [-0.05, 0) is 31.2 Å². The van der Waals surface area contributed by atoms with Crippen LogP contribution in [0.4, 0.5) is 0 Å². The van der Waals surface area contributed by atoms with Crippen LogP contribution in [-0.2, 0) is 0 Å². The first kappa shape index (κ1) is 17.0. The van der Waals surface area contributed by atoms with Gasteiger partial charge in [-0.25, -0.2) is 10.1 Å². The fourth-order valence-corrected chi connectivity index (χ4v) is 2.40. The number of nitrogens with zero attached hydrogens (tertiary/aromatic N) is 2. The van der Waals surface area contributed by atoms with Gasteiger partial charge in [0, 0.05) is 11.8 Å². The standard InChI is InChI=1S/C18H16N4O4/c1-11-15(18(26)22(21-11)12-5-3-2-4-6-12)10-19-20-17(25)14-8-7-13(23)9-16(14)24/h2-10,21,23-24H,1H3,(H,20,25). The normalized spacial score (nSPS) is 11.0. The molecule has 0 radical (unpaired) electrons. The molecule has 0 spiro atoms. The lowest BCUT2D eigenvalue weighted by Crippen LogP contribution is -2.20. The van der Waals surface area contributed by atoms with E-state index in [9.17, 15) is 19.8 Å². The third kappa shape index (κ3) is 3.34. The summed E-state index contributed by atoms with van der Waals surface area (Å²) in [6, 6.07) is 12.6. The van der Waals surface area contributed by atoms with Crippen molar-refractivity contribution in [2.24, 2.45) is 5.10 Å². The molecule has 0 atom stereocenters. The van der Waals surface area contributed by atoms with Crippen molar-refractivity contribution in [3.63, 3.8) is 0 Å². The zero-order valence-electron chi connectivity index (χ0n) is 13.8. The molecule has 0 aliphatic carbocycles. The molecule has 0 aliphatic rings. The van der Waals surface area contributed by atoms with Gasteiger partial charge >= 0.3 is 0 Å². The second kappa shape index (κ2) is 6.98. The topological polar surface area (TPSA) is 120 Å². The Balaban J connectivity index is 1.80. The molecule has 132 valence electrons. The van der Waals surface area contributed by atoms with Gasteiger partial charge in [0.2, 0.25) is 0 Å². The van der Waals surface area contributed by atoms with Crippen LogP contribution in [-0.4, -0.2) is 32.1 Å². The van der Waals surface area contributed by atoms with Crippen LogP contribution in [0.3, 0.4) is 0 Å². The first-order valence-corrected chi connectivity index (χ1v) is 7.70. The van der Waals surface area contributed by atoms with E-state index < -0.39 is 5.91 Å². The highest BCUT2D eigenvalue weighted by molar-refractivity contribution is 5.97. The minimum absolute atomic E-state index is 0.0487. The van der Waals surface area contributed by atoms with Gasteiger partial charge in [-0.15, -0.1) is 0 Å². The molecule has 26 heavy (non-hydrogen) atoms. The van der Waals surface area contributed by atoms with Crippen molar-refractivity contribution in [1.82, 2.24) is 15.2 Å².